The molecule has 0 unspecified atom stereocenters. The van der Waals surface area contributed by atoms with Gasteiger partial charge in [0.15, 0.2) is 0 Å². The lowest BCUT2D eigenvalue weighted by atomic mass is 9.79. The highest BCUT2D eigenvalue weighted by Crippen LogP contribution is 2.32. The average Bonchev–Trinajstić information content (AvgIpc) is 2.50. The fourth-order valence-electron chi connectivity index (χ4n) is 3.17. The number of nitrogens with zero attached hydrogens (tertiary/aromatic N) is 1. The van der Waals surface area contributed by atoms with Crippen LogP contribution in [0.15, 0.2) is 0 Å². The highest BCUT2D eigenvalue weighted by atomic mass is 16.5. The van der Waals surface area contributed by atoms with Crippen molar-refractivity contribution in [2.45, 2.75) is 39.0 Å². The molecule has 0 aromatic rings. The zero-order chi connectivity index (χ0) is 14.4. The molecular weight excluding hydrogens is 258 g/mol. The van der Waals surface area contributed by atoms with Gasteiger partial charge in [0.1, 0.15) is 5.92 Å². The summed E-state index contributed by atoms with van der Waals surface area (Å²) in [6.07, 6.45) is 5.34. The van der Waals surface area contributed by atoms with E-state index in [0.717, 1.165) is 25.7 Å². The standard InChI is InChI=1S/C15H25NO4/c1-2-20-15(18)13(12-6-4-3-5-7-12)14(17)16-8-10-19-11-9-16/h12-13H,2-11H2,1H3/t13-/m1/s1. The molecule has 1 amide bonds. The maximum absolute atomic E-state index is 12.7. The topological polar surface area (TPSA) is 55.8 Å². The van der Waals surface area contributed by atoms with E-state index >= 15 is 0 Å². The molecule has 1 saturated carbocycles. The van der Waals surface area contributed by atoms with E-state index in [4.69, 9.17) is 9.47 Å². The largest absolute Gasteiger partial charge is 0.465 e. The van der Waals surface area contributed by atoms with Crippen LogP contribution in [0.4, 0.5) is 0 Å². The highest BCUT2D eigenvalue weighted by Gasteiger charge is 2.39. The number of hydrogen-bond donors (Lipinski definition) is 0. The molecule has 5 nitrogen and oxygen atoms in total. The van der Waals surface area contributed by atoms with Crippen molar-refractivity contribution >= 4 is 11.9 Å². The molecule has 0 aromatic heterocycles. The van der Waals surface area contributed by atoms with Gasteiger partial charge in [-0.1, -0.05) is 19.3 Å². The first kappa shape index (κ1) is 15.3. The van der Waals surface area contributed by atoms with Gasteiger partial charge in [-0.15, -0.1) is 0 Å². The van der Waals surface area contributed by atoms with Gasteiger partial charge in [0.25, 0.3) is 0 Å². The Kier molecular flexibility index (Phi) is 5.83. The van der Waals surface area contributed by atoms with Crippen molar-refractivity contribution < 1.29 is 19.1 Å². The number of amides is 1. The van der Waals surface area contributed by atoms with Crippen molar-refractivity contribution in [2.24, 2.45) is 11.8 Å². The monoisotopic (exact) mass is 283 g/mol. The van der Waals surface area contributed by atoms with Crippen LogP contribution in [0, 0.1) is 11.8 Å². The number of carbonyl (C=O) groups excluding carboxylic acids is 2. The minimum Gasteiger partial charge on any atom is -0.465 e. The molecular formula is C15H25NO4. The zero-order valence-electron chi connectivity index (χ0n) is 12.3. The molecule has 0 N–H and O–H groups in total. The van der Waals surface area contributed by atoms with Crippen LogP contribution in [0.3, 0.4) is 0 Å². The van der Waals surface area contributed by atoms with Gasteiger partial charge in [0.05, 0.1) is 19.8 Å². The van der Waals surface area contributed by atoms with Crippen molar-refractivity contribution in [2.75, 3.05) is 32.9 Å². The van der Waals surface area contributed by atoms with Gasteiger partial charge in [-0.25, -0.2) is 0 Å². The summed E-state index contributed by atoms with van der Waals surface area (Å²) in [5.41, 5.74) is 0. The van der Waals surface area contributed by atoms with E-state index in [1.807, 2.05) is 0 Å². The molecule has 1 aliphatic carbocycles. The second-order valence-corrected chi connectivity index (χ2v) is 5.57. The molecule has 2 rings (SSSR count). The van der Waals surface area contributed by atoms with Crippen LogP contribution in [0.1, 0.15) is 39.0 Å². The second kappa shape index (κ2) is 7.62. The Labute approximate surface area is 120 Å². The summed E-state index contributed by atoms with van der Waals surface area (Å²) < 4.78 is 10.4. The summed E-state index contributed by atoms with van der Waals surface area (Å²) in [4.78, 5) is 26.7. The summed E-state index contributed by atoms with van der Waals surface area (Å²) in [7, 11) is 0. The van der Waals surface area contributed by atoms with Gasteiger partial charge in [-0.05, 0) is 25.7 Å². The number of ether oxygens (including phenoxy) is 2. The molecule has 114 valence electrons. The van der Waals surface area contributed by atoms with Crippen LogP contribution in [-0.2, 0) is 19.1 Å². The van der Waals surface area contributed by atoms with E-state index in [2.05, 4.69) is 0 Å². The van der Waals surface area contributed by atoms with Crippen LogP contribution >= 0.6 is 0 Å². The number of esters is 1. The molecule has 0 radical (unpaired) electrons. The lowest BCUT2D eigenvalue weighted by molar-refractivity contribution is -0.160. The van der Waals surface area contributed by atoms with E-state index in [1.54, 1.807) is 11.8 Å². The van der Waals surface area contributed by atoms with E-state index in [-0.39, 0.29) is 17.8 Å². The molecule has 0 spiro atoms. The molecule has 1 saturated heterocycles. The van der Waals surface area contributed by atoms with E-state index in [0.29, 0.717) is 32.9 Å². The van der Waals surface area contributed by atoms with Crippen molar-refractivity contribution in [3.05, 3.63) is 0 Å². The Morgan fingerprint density at radius 3 is 2.45 bits per heavy atom. The van der Waals surface area contributed by atoms with Crippen LogP contribution in [0.5, 0.6) is 0 Å². The molecule has 1 aliphatic heterocycles. The molecule has 1 heterocycles. The fourth-order valence-corrected chi connectivity index (χ4v) is 3.17. The summed E-state index contributed by atoms with van der Waals surface area (Å²) >= 11 is 0. The van der Waals surface area contributed by atoms with Gasteiger partial charge in [0, 0.05) is 13.1 Å². The Morgan fingerprint density at radius 2 is 1.85 bits per heavy atom. The lowest BCUT2D eigenvalue weighted by Gasteiger charge is -2.34. The van der Waals surface area contributed by atoms with Gasteiger partial charge in [-0.3, -0.25) is 9.59 Å². The first-order valence-electron chi connectivity index (χ1n) is 7.77. The van der Waals surface area contributed by atoms with Crippen molar-refractivity contribution in [1.29, 1.82) is 0 Å². The van der Waals surface area contributed by atoms with Gasteiger partial charge in [0.2, 0.25) is 5.91 Å². The first-order valence-corrected chi connectivity index (χ1v) is 7.77. The Balaban J connectivity index is 2.07. The highest BCUT2D eigenvalue weighted by molar-refractivity contribution is 5.98. The molecule has 0 aromatic carbocycles. The Hall–Kier alpha value is -1.10. The predicted molar refractivity (Wildman–Crippen MR) is 74.1 cm³/mol. The first-order chi connectivity index (χ1) is 9.74. The van der Waals surface area contributed by atoms with Crippen LogP contribution in [0.25, 0.3) is 0 Å². The third kappa shape index (κ3) is 3.72. The van der Waals surface area contributed by atoms with Gasteiger partial charge >= 0.3 is 5.97 Å². The minimum atomic E-state index is -0.603. The molecule has 0 bridgehead atoms. The fraction of sp³-hybridized carbons (Fsp3) is 0.867. The molecule has 2 fully saturated rings. The normalized spacial score (nSPS) is 22.4. The lowest BCUT2D eigenvalue weighted by Crippen LogP contribution is -2.48. The number of morpholine rings is 1. The molecule has 5 heteroatoms. The van der Waals surface area contributed by atoms with E-state index in [1.165, 1.54) is 6.42 Å². The summed E-state index contributed by atoms with van der Waals surface area (Å²) in [6, 6.07) is 0. The molecule has 2 aliphatic rings. The average molecular weight is 283 g/mol. The molecule has 1 atom stereocenters. The van der Waals surface area contributed by atoms with Crippen molar-refractivity contribution in [3.8, 4) is 0 Å². The SMILES string of the molecule is CCOC(=O)[C@@H](C(=O)N1CCOCC1)C1CCCCC1. The predicted octanol–water partition coefficient (Wildman–Crippen LogP) is 1.60. The number of carbonyl (C=O) groups is 2. The Morgan fingerprint density at radius 1 is 1.20 bits per heavy atom. The van der Waals surface area contributed by atoms with Crippen molar-refractivity contribution in [1.82, 2.24) is 4.90 Å². The maximum atomic E-state index is 12.7. The van der Waals surface area contributed by atoms with E-state index < -0.39 is 5.92 Å². The summed E-state index contributed by atoms with van der Waals surface area (Å²) in [6.45, 7) is 4.41. The third-order valence-corrected chi connectivity index (χ3v) is 4.25. The molecule has 20 heavy (non-hydrogen) atoms. The van der Waals surface area contributed by atoms with Crippen LogP contribution in [0.2, 0.25) is 0 Å². The van der Waals surface area contributed by atoms with Crippen LogP contribution < -0.4 is 0 Å². The smallest absolute Gasteiger partial charge is 0.318 e. The zero-order valence-corrected chi connectivity index (χ0v) is 12.3. The number of hydrogen-bond acceptors (Lipinski definition) is 4. The van der Waals surface area contributed by atoms with Gasteiger partial charge < -0.3 is 14.4 Å². The quantitative estimate of drug-likeness (QED) is 0.581. The number of rotatable bonds is 4. The summed E-state index contributed by atoms with van der Waals surface area (Å²) in [5, 5.41) is 0. The van der Waals surface area contributed by atoms with Crippen LogP contribution in [-0.4, -0.2) is 49.7 Å². The Bertz CT molecular complexity index is 333. The summed E-state index contributed by atoms with van der Waals surface area (Å²) in [5.74, 6) is -0.846. The van der Waals surface area contributed by atoms with Crippen molar-refractivity contribution in [3.63, 3.8) is 0 Å². The second-order valence-electron chi connectivity index (χ2n) is 5.57. The third-order valence-electron chi connectivity index (χ3n) is 4.25. The van der Waals surface area contributed by atoms with E-state index in [9.17, 15) is 9.59 Å². The van der Waals surface area contributed by atoms with Gasteiger partial charge in [-0.2, -0.15) is 0 Å². The maximum Gasteiger partial charge on any atom is 0.318 e. The minimum absolute atomic E-state index is 0.0568.